The first kappa shape index (κ1) is 12.7. The fraction of sp³-hybridized carbons (Fsp3) is 0.462. The molecule has 1 atom stereocenters. The lowest BCUT2D eigenvalue weighted by Gasteiger charge is -2.18. The van der Waals surface area contributed by atoms with Gasteiger partial charge in [0.1, 0.15) is 0 Å². The number of hydrogen-bond donors (Lipinski definition) is 2. The molecular weight excluding hydrogens is 200 g/mol. The van der Waals surface area contributed by atoms with E-state index < -0.39 is 0 Å². The van der Waals surface area contributed by atoms with Crippen molar-refractivity contribution in [2.75, 3.05) is 5.32 Å². The monoisotopic (exact) mass is 220 g/mol. The average molecular weight is 220 g/mol. The topological polar surface area (TPSA) is 55.1 Å². The van der Waals surface area contributed by atoms with Crippen LogP contribution in [-0.4, -0.2) is 5.91 Å². The van der Waals surface area contributed by atoms with E-state index in [9.17, 15) is 4.79 Å². The molecule has 0 bridgehead atoms. The molecule has 3 N–H and O–H groups in total. The van der Waals surface area contributed by atoms with Crippen LogP contribution in [0.1, 0.15) is 39.3 Å². The predicted octanol–water partition coefficient (Wildman–Crippen LogP) is 2.69. The quantitative estimate of drug-likeness (QED) is 0.805. The van der Waals surface area contributed by atoms with Crippen LogP contribution in [0.4, 0.5) is 5.69 Å². The van der Waals surface area contributed by atoms with Gasteiger partial charge in [0.2, 0.25) is 5.91 Å². The highest BCUT2D eigenvalue weighted by Gasteiger charge is 2.20. The van der Waals surface area contributed by atoms with E-state index in [1.54, 1.807) is 0 Å². The van der Waals surface area contributed by atoms with Crippen LogP contribution in [-0.2, 0) is 4.79 Å². The molecule has 88 valence electrons. The summed E-state index contributed by atoms with van der Waals surface area (Å²) in [6, 6.07) is 7.64. The molecule has 0 aliphatic rings. The molecule has 1 aromatic carbocycles. The highest BCUT2D eigenvalue weighted by atomic mass is 16.2. The average Bonchev–Trinajstić information content (AvgIpc) is 2.17. The first-order chi connectivity index (χ1) is 7.30. The number of anilines is 1. The van der Waals surface area contributed by atoms with E-state index in [4.69, 9.17) is 5.73 Å². The first-order valence-corrected chi connectivity index (χ1v) is 5.47. The summed E-state index contributed by atoms with van der Waals surface area (Å²) in [6.07, 6.45) is 0. The number of rotatable bonds is 2. The summed E-state index contributed by atoms with van der Waals surface area (Å²) in [5.41, 5.74) is 7.25. The molecule has 0 spiro atoms. The van der Waals surface area contributed by atoms with Crippen molar-refractivity contribution in [2.45, 2.75) is 33.7 Å². The third-order valence-electron chi connectivity index (χ3n) is 2.38. The maximum absolute atomic E-state index is 11.7. The van der Waals surface area contributed by atoms with E-state index in [-0.39, 0.29) is 17.4 Å². The lowest BCUT2D eigenvalue weighted by molar-refractivity contribution is -0.123. The number of hydrogen-bond acceptors (Lipinski definition) is 2. The summed E-state index contributed by atoms with van der Waals surface area (Å²) in [5, 5.41) is 2.87. The van der Waals surface area contributed by atoms with E-state index in [2.05, 4.69) is 5.32 Å². The molecule has 0 aliphatic carbocycles. The van der Waals surface area contributed by atoms with Gasteiger partial charge < -0.3 is 11.1 Å². The van der Waals surface area contributed by atoms with Crippen LogP contribution in [0.25, 0.3) is 0 Å². The normalized spacial score (nSPS) is 13.3. The largest absolute Gasteiger partial charge is 0.326 e. The molecule has 1 aromatic rings. The summed E-state index contributed by atoms with van der Waals surface area (Å²) in [7, 11) is 0. The van der Waals surface area contributed by atoms with Crippen molar-refractivity contribution < 1.29 is 4.79 Å². The second-order valence-electron chi connectivity index (χ2n) is 5.11. The molecular formula is C13H20N2O. The van der Waals surface area contributed by atoms with Crippen molar-refractivity contribution in [3.8, 4) is 0 Å². The third-order valence-corrected chi connectivity index (χ3v) is 2.38. The van der Waals surface area contributed by atoms with Crippen molar-refractivity contribution >= 4 is 11.6 Å². The Morgan fingerprint density at radius 2 is 1.75 bits per heavy atom. The van der Waals surface area contributed by atoms with Gasteiger partial charge in [-0.15, -0.1) is 0 Å². The van der Waals surface area contributed by atoms with Gasteiger partial charge >= 0.3 is 0 Å². The number of nitrogens with one attached hydrogen (secondary N) is 1. The summed E-state index contributed by atoms with van der Waals surface area (Å²) in [4.78, 5) is 11.7. The molecule has 0 aliphatic heterocycles. The maximum Gasteiger partial charge on any atom is 0.229 e. The van der Waals surface area contributed by atoms with Gasteiger partial charge in [-0.3, -0.25) is 4.79 Å². The predicted molar refractivity (Wildman–Crippen MR) is 67.1 cm³/mol. The van der Waals surface area contributed by atoms with Crippen LogP contribution in [0.5, 0.6) is 0 Å². The minimum absolute atomic E-state index is 0.0149. The van der Waals surface area contributed by atoms with Crippen molar-refractivity contribution in [1.29, 1.82) is 0 Å². The Morgan fingerprint density at radius 1 is 1.25 bits per heavy atom. The second-order valence-corrected chi connectivity index (χ2v) is 5.11. The summed E-state index contributed by atoms with van der Waals surface area (Å²) in [6.45, 7) is 7.60. The highest BCUT2D eigenvalue weighted by molar-refractivity contribution is 5.94. The van der Waals surface area contributed by atoms with Crippen LogP contribution < -0.4 is 11.1 Å². The van der Waals surface area contributed by atoms with Gasteiger partial charge in [-0.2, -0.15) is 0 Å². The molecule has 1 unspecified atom stereocenters. The van der Waals surface area contributed by atoms with Crippen LogP contribution in [0.2, 0.25) is 0 Å². The Kier molecular flexibility index (Phi) is 3.70. The Bertz CT molecular complexity index is 361. The standard InChI is InChI=1S/C13H20N2O/c1-9(14)10-5-7-11(8-6-10)15-12(16)13(2,3)4/h5-9H,14H2,1-4H3,(H,15,16). The second kappa shape index (κ2) is 4.66. The van der Waals surface area contributed by atoms with Gasteiger partial charge in [-0.1, -0.05) is 32.9 Å². The van der Waals surface area contributed by atoms with Gasteiger partial charge in [0.25, 0.3) is 0 Å². The zero-order chi connectivity index (χ0) is 12.3. The van der Waals surface area contributed by atoms with Gasteiger partial charge in [0.05, 0.1) is 0 Å². The summed E-state index contributed by atoms with van der Waals surface area (Å²) < 4.78 is 0. The first-order valence-electron chi connectivity index (χ1n) is 5.47. The van der Waals surface area contributed by atoms with Gasteiger partial charge in [-0.05, 0) is 24.6 Å². The molecule has 1 rings (SSSR count). The van der Waals surface area contributed by atoms with E-state index in [1.165, 1.54) is 0 Å². The lowest BCUT2D eigenvalue weighted by Crippen LogP contribution is -2.27. The van der Waals surface area contributed by atoms with Crippen LogP contribution in [0.3, 0.4) is 0 Å². The zero-order valence-electron chi connectivity index (χ0n) is 10.4. The fourth-order valence-corrected chi connectivity index (χ4v) is 1.19. The van der Waals surface area contributed by atoms with Crippen molar-refractivity contribution in [2.24, 2.45) is 11.1 Å². The Morgan fingerprint density at radius 3 is 2.12 bits per heavy atom. The molecule has 0 fully saturated rings. The van der Waals surface area contributed by atoms with Crippen molar-refractivity contribution in [3.63, 3.8) is 0 Å². The number of carbonyl (C=O) groups is 1. The molecule has 3 nitrogen and oxygen atoms in total. The van der Waals surface area contributed by atoms with E-state index in [0.29, 0.717) is 0 Å². The minimum atomic E-state index is -0.375. The summed E-state index contributed by atoms with van der Waals surface area (Å²) >= 11 is 0. The molecule has 0 heterocycles. The van der Waals surface area contributed by atoms with E-state index in [0.717, 1.165) is 11.3 Å². The number of amides is 1. The van der Waals surface area contributed by atoms with E-state index in [1.807, 2.05) is 52.0 Å². The highest BCUT2D eigenvalue weighted by Crippen LogP contribution is 2.18. The smallest absolute Gasteiger partial charge is 0.229 e. The van der Waals surface area contributed by atoms with Crippen LogP contribution >= 0.6 is 0 Å². The molecule has 0 aromatic heterocycles. The number of nitrogens with two attached hydrogens (primary N) is 1. The summed E-state index contributed by atoms with van der Waals surface area (Å²) in [5.74, 6) is 0.0149. The minimum Gasteiger partial charge on any atom is -0.326 e. The number of carbonyl (C=O) groups excluding carboxylic acids is 1. The molecule has 0 radical (unpaired) electrons. The molecule has 16 heavy (non-hydrogen) atoms. The molecule has 1 amide bonds. The SMILES string of the molecule is CC(N)c1ccc(NC(=O)C(C)(C)C)cc1. The molecule has 3 heteroatoms. The van der Waals surface area contributed by atoms with Gasteiger partial charge in [0.15, 0.2) is 0 Å². The zero-order valence-corrected chi connectivity index (χ0v) is 10.4. The van der Waals surface area contributed by atoms with Crippen molar-refractivity contribution in [3.05, 3.63) is 29.8 Å². The van der Waals surface area contributed by atoms with Crippen LogP contribution in [0, 0.1) is 5.41 Å². The van der Waals surface area contributed by atoms with Gasteiger partial charge in [-0.25, -0.2) is 0 Å². The lowest BCUT2D eigenvalue weighted by atomic mass is 9.95. The van der Waals surface area contributed by atoms with E-state index >= 15 is 0 Å². The molecule has 0 saturated heterocycles. The Hall–Kier alpha value is -1.35. The van der Waals surface area contributed by atoms with Crippen LogP contribution in [0.15, 0.2) is 24.3 Å². The Balaban J connectivity index is 2.73. The Labute approximate surface area is 97.0 Å². The van der Waals surface area contributed by atoms with Gasteiger partial charge in [0, 0.05) is 17.1 Å². The third kappa shape index (κ3) is 3.35. The fourth-order valence-electron chi connectivity index (χ4n) is 1.19. The number of benzene rings is 1. The van der Waals surface area contributed by atoms with Crippen molar-refractivity contribution in [1.82, 2.24) is 0 Å². The maximum atomic E-state index is 11.7. The molecule has 0 saturated carbocycles.